The maximum absolute atomic E-state index is 12.4. The zero-order chi connectivity index (χ0) is 25.2. The quantitative estimate of drug-likeness (QED) is 0.300. The third kappa shape index (κ3) is 7.36. The molecule has 2 aromatic carbocycles. The molecule has 0 saturated carbocycles. The van der Waals surface area contributed by atoms with Crippen LogP contribution in [0.5, 0.6) is 0 Å². The lowest BCUT2D eigenvalue weighted by Gasteiger charge is -2.40. The van der Waals surface area contributed by atoms with Crippen molar-refractivity contribution in [3.8, 4) is 0 Å². The zero-order valence-electron chi connectivity index (χ0n) is 21.6. The molecule has 0 spiro atoms. The fraction of sp³-hybridized carbons (Fsp3) is 0.355. The van der Waals surface area contributed by atoms with E-state index in [1.807, 2.05) is 32.2 Å². The van der Waals surface area contributed by atoms with Gasteiger partial charge in [0.1, 0.15) is 0 Å². The number of hydrogen-bond donors (Lipinski definition) is 0. The summed E-state index contributed by atoms with van der Waals surface area (Å²) in [5.74, 6) is 0.0389. The Labute approximate surface area is 216 Å². The second kappa shape index (κ2) is 13.1. The molecular weight excluding hydrogens is 444 g/mol. The van der Waals surface area contributed by atoms with Gasteiger partial charge in [0.25, 0.3) is 0 Å². The van der Waals surface area contributed by atoms with E-state index in [-0.39, 0.29) is 5.91 Å². The molecule has 3 aromatic rings. The van der Waals surface area contributed by atoms with Crippen LogP contribution in [0.15, 0.2) is 85.1 Å². The molecule has 0 radical (unpaired) electrons. The number of aromatic nitrogens is 1. The van der Waals surface area contributed by atoms with E-state index < -0.39 is 0 Å². The van der Waals surface area contributed by atoms with Crippen molar-refractivity contribution in [2.45, 2.75) is 25.8 Å². The number of nitrogens with zero attached hydrogens (tertiary/aromatic N) is 4. The lowest BCUT2D eigenvalue weighted by molar-refractivity contribution is -0.124. The Hall–Kier alpha value is -3.28. The van der Waals surface area contributed by atoms with Crippen molar-refractivity contribution in [3.63, 3.8) is 0 Å². The number of rotatable bonds is 10. The molecule has 1 fully saturated rings. The van der Waals surface area contributed by atoms with Gasteiger partial charge < -0.3 is 9.80 Å². The van der Waals surface area contributed by atoms with Crippen LogP contribution in [-0.2, 0) is 4.79 Å². The molecule has 2 heterocycles. The Morgan fingerprint density at radius 1 is 0.917 bits per heavy atom. The van der Waals surface area contributed by atoms with Gasteiger partial charge in [0, 0.05) is 57.7 Å². The van der Waals surface area contributed by atoms with Gasteiger partial charge in [0.2, 0.25) is 5.91 Å². The Kier molecular flexibility index (Phi) is 9.42. The largest absolute Gasteiger partial charge is 0.342 e. The Morgan fingerprint density at radius 2 is 1.56 bits per heavy atom. The van der Waals surface area contributed by atoms with Crippen molar-refractivity contribution in [1.29, 1.82) is 0 Å². The molecule has 1 amide bonds. The first-order chi connectivity index (χ1) is 17.6. The van der Waals surface area contributed by atoms with Crippen LogP contribution in [0.2, 0.25) is 0 Å². The minimum atomic E-state index is 0.0389. The highest BCUT2D eigenvalue weighted by molar-refractivity contribution is 5.91. The van der Waals surface area contributed by atoms with Crippen LogP contribution in [-0.4, -0.2) is 71.9 Å². The van der Waals surface area contributed by atoms with Gasteiger partial charge in [-0.1, -0.05) is 66.7 Å². The first-order valence-electron chi connectivity index (χ1n) is 13.0. The Balaban J connectivity index is 1.20. The van der Waals surface area contributed by atoms with E-state index in [4.69, 9.17) is 0 Å². The molecule has 36 heavy (non-hydrogen) atoms. The van der Waals surface area contributed by atoms with Gasteiger partial charge in [-0.2, -0.15) is 0 Å². The van der Waals surface area contributed by atoms with Gasteiger partial charge in [0.15, 0.2) is 0 Å². The first kappa shape index (κ1) is 25.8. The summed E-state index contributed by atoms with van der Waals surface area (Å²) in [7, 11) is 1.88. The van der Waals surface area contributed by atoms with Crippen LogP contribution in [0, 0.1) is 6.92 Å². The number of pyridine rings is 1. The molecule has 0 unspecified atom stereocenters. The third-order valence-electron chi connectivity index (χ3n) is 6.95. The minimum Gasteiger partial charge on any atom is -0.342 e. The smallest absolute Gasteiger partial charge is 0.246 e. The van der Waals surface area contributed by atoms with Crippen LogP contribution in [0.3, 0.4) is 0 Å². The van der Waals surface area contributed by atoms with E-state index in [1.54, 1.807) is 17.2 Å². The minimum absolute atomic E-state index is 0.0389. The predicted octanol–water partition coefficient (Wildman–Crippen LogP) is 5.05. The molecule has 5 nitrogen and oxygen atoms in total. The standard InChI is InChI=1S/C31H38N4O/c1-26-15-16-27(25-32-26)17-18-30(36)33(2)19-9-10-20-34-21-23-35(24-22-34)31(28-11-5-3-6-12-28)29-13-7-4-8-14-29/h3-8,11-18,25,31H,9-10,19-24H2,1-2H3/b18-17+. The van der Waals surface area contributed by atoms with Crippen LogP contribution in [0.1, 0.15) is 41.3 Å². The van der Waals surface area contributed by atoms with Crippen LogP contribution < -0.4 is 0 Å². The van der Waals surface area contributed by atoms with E-state index in [1.165, 1.54) is 11.1 Å². The van der Waals surface area contributed by atoms with Crippen molar-refractivity contribution in [3.05, 3.63) is 107 Å². The van der Waals surface area contributed by atoms with Crippen LogP contribution in [0.4, 0.5) is 0 Å². The molecule has 1 aliphatic rings. The normalized spacial score (nSPS) is 15.0. The van der Waals surface area contributed by atoms with E-state index in [0.717, 1.165) is 63.4 Å². The van der Waals surface area contributed by atoms with E-state index in [2.05, 4.69) is 75.4 Å². The summed E-state index contributed by atoms with van der Waals surface area (Å²) in [6.45, 7) is 8.10. The number of unbranched alkanes of at least 4 members (excludes halogenated alkanes) is 1. The monoisotopic (exact) mass is 482 g/mol. The second-order valence-corrected chi connectivity index (χ2v) is 9.63. The average molecular weight is 483 g/mol. The molecule has 4 rings (SSSR count). The molecule has 5 heteroatoms. The molecule has 0 atom stereocenters. The fourth-order valence-corrected chi connectivity index (χ4v) is 4.80. The summed E-state index contributed by atoms with van der Waals surface area (Å²) in [6, 6.07) is 25.9. The van der Waals surface area contributed by atoms with Gasteiger partial charge in [-0.05, 0) is 55.1 Å². The van der Waals surface area contributed by atoms with Gasteiger partial charge in [-0.25, -0.2) is 0 Å². The number of likely N-dealkylation sites (N-methyl/N-ethyl adjacent to an activating group) is 1. The maximum atomic E-state index is 12.4. The van der Waals surface area contributed by atoms with E-state index in [9.17, 15) is 4.79 Å². The van der Waals surface area contributed by atoms with Gasteiger partial charge in [-0.15, -0.1) is 0 Å². The maximum Gasteiger partial charge on any atom is 0.246 e. The third-order valence-corrected chi connectivity index (χ3v) is 6.95. The Morgan fingerprint density at radius 3 is 2.14 bits per heavy atom. The predicted molar refractivity (Wildman–Crippen MR) is 148 cm³/mol. The summed E-state index contributed by atoms with van der Waals surface area (Å²) < 4.78 is 0. The van der Waals surface area contributed by atoms with Crippen molar-refractivity contribution < 1.29 is 4.79 Å². The molecular formula is C31H38N4O. The zero-order valence-corrected chi connectivity index (χ0v) is 21.6. The SMILES string of the molecule is Cc1ccc(/C=C/C(=O)N(C)CCCCN2CCN(C(c3ccccc3)c3ccccc3)CC2)cn1. The molecule has 0 N–H and O–H groups in total. The van der Waals surface area contributed by atoms with Crippen molar-refractivity contribution in [1.82, 2.24) is 19.7 Å². The number of aryl methyl sites for hydroxylation is 1. The fourth-order valence-electron chi connectivity index (χ4n) is 4.80. The number of amides is 1. The molecule has 1 saturated heterocycles. The highest BCUT2D eigenvalue weighted by atomic mass is 16.2. The topological polar surface area (TPSA) is 39.7 Å². The summed E-state index contributed by atoms with van der Waals surface area (Å²) in [4.78, 5) is 23.7. The average Bonchev–Trinajstić information content (AvgIpc) is 2.92. The highest BCUT2D eigenvalue weighted by Crippen LogP contribution is 2.29. The molecule has 0 bridgehead atoms. The molecule has 0 aliphatic carbocycles. The molecule has 188 valence electrons. The molecule has 1 aliphatic heterocycles. The van der Waals surface area contributed by atoms with Gasteiger partial charge in [0.05, 0.1) is 6.04 Å². The van der Waals surface area contributed by atoms with Crippen LogP contribution in [0.25, 0.3) is 6.08 Å². The number of carbonyl (C=O) groups is 1. The van der Waals surface area contributed by atoms with Crippen molar-refractivity contribution >= 4 is 12.0 Å². The van der Waals surface area contributed by atoms with E-state index in [0.29, 0.717) is 6.04 Å². The second-order valence-electron chi connectivity index (χ2n) is 9.63. The lowest BCUT2D eigenvalue weighted by atomic mass is 9.96. The summed E-state index contributed by atoms with van der Waals surface area (Å²) in [6.07, 6.45) is 7.38. The number of benzene rings is 2. The lowest BCUT2D eigenvalue weighted by Crippen LogP contribution is -2.48. The molecule has 1 aromatic heterocycles. The first-order valence-corrected chi connectivity index (χ1v) is 13.0. The van der Waals surface area contributed by atoms with Crippen molar-refractivity contribution in [2.24, 2.45) is 0 Å². The van der Waals surface area contributed by atoms with Crippen molar-refractivity contribution in [2.75, 3.05) is 46.3 Å². The number of piperazine rings is 1. The van der Waals surface area contributed by atoms with Gasteiger partial charge in [-0.3, -0.25) is 14.7 Å². The summed E-state index contributed by atoms with van der Waals surface area (Å²) >= 11 is 0. The summed E-state index contributed by atoms with van der Waals surface area (Å²) in [5.41, 5.74) is 4.64. The summed E-state index contributed by atoms with van der Waals surface area (Å²) in [5, 5.41) is 0. The van der Waals surface area contributed by atoms with Gasteiger partial charge >= 0.3 is 0 Å². The Bertz CT molecular complexity index is 1050. The number of carbonyl (C=O) groups excluding carboxylic acids is 1. The van der Waals surface area contributed by atoms with E-state index >= 15 is 0 Å². The number of hydrogen-bond acceptors (Lipinski definition) is 4. The van der Waals surface area contributed by atoms with Crippen LogP contribution >= 0.6 is 0 Å². The highest BCUT2D eigenvalue weighted by Gasteiger charge is 2.26.